The van der Waals surface area contributed by atoms with Crippen LogP contribution >= 0.6 is 0 Å². The van der Waals surface area contributed by atoms with Crippen LogP contribution < -0.4 is 10.5 Å². The van der Waals surface area contributed by atoms with Crippen molar-refractivity contribution in [3.8, 4) is 0 Å². The molecule has 0 aromatic carbocycles. The van der Waals surface area contributed by atoms with Gasteiger partial charge in [0.25, 0.3) is 0 Å². The maximum atomic E-state index is 11.2. The molecule has 0 aliphatic heterocycles. The van der Waals surface area contributed by atoms with Crippen molar-refractivity contribution in [2.24, 2.45) is 5.73 Å². The van der Waals surface area contributed by atoms with Gasteiger partial charge in [-0.25, -0.2) is 13.1 Å². The standard InChI is InChI=1S/C7H16N2O5S/c1-5(10)6(8)4-9-15(13,14)3-2-7(11)12/h5-6,9-10H,2-4,8H2,1H3,(H,11,12). The smallest absolute Gasteiger partial charge is 0.304 e. The number of hydrogen-bond acceptors (Lipinski definition) is 5. The van der Waals surface area contributed by atoms with E-state index in [1.54, 1.807) is 0 Å². The van der Waals surface area contributed by atoms with Crippen molar-refractivity contribution in [1.82, 2.24) is 4.72 Å². The minimum Gasteiger partial charge on any atom is -0.481 e. The summed E-state index contributed by atoms with van der Waals surface area (Å²) in [6.07, 6.45) is -1.29. The van der Waals surface area contributed by atoms with E-state index in [0.29, 0.717) is 0 Å². The third kappa shape index (κ3) is 7.25. The number of aliphatic hydroxyl groups is 1. The minimum atomic E-state index is -3.63. The number of hydrogen-bond donors (Lipinski definition) is 4. The highest BCUT2D eigenvalue weighted by atomic mass is 32.2. The van der Waals surface area contributed by atoms with Crippen LogP contribution in [0, 0.1) is 0 Å². The Labute approximate surface area is 88.3 Å². The fourth-order valence-electron chi connectivity index (χ4n) is 0.688. The lowest BCUT2D eigenvalue weighted by atomic mass is 10.2. The first-order valence-electron chi connectivity index (χ1n) is 4.37. The van der Waals surface area contributed by atoms with Gasteiger partial charge < -0.3 is 15.9 Å². The highest BCUT2D eigenvalue weighted by Crippen LogP contribution is 1.92. The number of nitrogens with two attached hydrogens (primary N) is 1. The summed E-state index contributed by atoms with van der Waals surface area (Å²) < 4.78 is 24.4. The van der Waals surface area contributed by atoms with Crippen molar-refractivity contribution in [2.45, 2.75) is 25.5 Å². The van der Waals surface area contributed by atoms with E-state index in [4.69, 9.17) is 15.9 Å². The van der Waals surface area contributed by atoms with Gasteiger partial charge in [-0.2, -0.15) is 0 Å². The van der Waals surface area contributed by atoms with Crippen LogP contribution in [0.5, 0.6) is 0 Å². The van der Waals surface area contributed by atoms with E-state index in [2.05, 4.69) is 4.72 Å². The van der Waals surface area contributed by atoms with Crippen LogP contribution in [-0.2, 0) is 14.8 Å². The predicted octanol–water partition coefficient (Wildman–Crippen LogP) is -1.91. The fourth-order valence-corrected chi connectivity index (χ4v) is 1.72. The molecule has 0 aliphatic rings. The fraction of sp³-hybridized carbons (Fsp3) is 0.857. The van der Waals surface area contributed by atoms with E-state index >= 15 is 0 Å². The maximum Gasteiger partial charge on any atom is 0.304 e. The van der Waals surface area contributed by atoms with Crippen molar-refractivity contribution in [1.29, 1.82) is 0 Å². The largest absolute Gasteiger partial charge is 0.481 e. The van der Waals surface area contributed by atoms with Crippen LogP contribution in [0.15, 0.2) is 0 Å². The van der Waals surface area contributed by atoms with Gasteiger partial charge in [0.2, 0.25) is 10.0 Å². The number of carboxylic acid groups (broad SMARTS) is 1. The first kappa shape index (κ1) is 14.3. The second-order valence-corrected chi connectivity index (χ2v) is 5.14. The molecule has 0 aliphatic carbocycles. The summed E-state index contributed by atoms with van der Waals surface area (Å²) in [5.41, 5.74) is 5.39. The third-order valence-electron chi connectivity index (χ3n) is 1.74. The molecule has 7 nitrogen and oxygen atoms in total. The summed E-state index contributed by atoms with van der Waals surface area (Å²) in [4.78, 5) is 10.1. The van der Waals surface area contributed by atoms with Gasteiger partial charge in [-0.15, -0.1) is 0 Å². The molecular formula is C7H16N2O5S. The molecule has 0 amide bonds. The monoisotopic (exact) mass is 240 g/mol. The van der Waals surface area contributed by atoms with Crippen LogP contribution in [0.1, 0.15) is 13.3 Å². The molecule has 0 rings (SSSR count). The Morgan fingerprint density at radius 3 is 2.47 bits per heavy atom. The SMILES string of the molecule is CC(O)C(N)CNS(=O)(=O)CCC(=O)O. The van der Waals surface area contributed by atoms with Crippen LogP contribution in [-0.4, -0.2) is 49.0 Å². The lowest BCUT2D eigenvalue weighted by Gasteiger charge is -2.15. The van der Waals surface area contributed by atoms with Gasteiger partial charge in [0.05, 0.1) is 18.3 Å². The Balaban J connectivity index is 4.00. The average Bonchev–Trinajstić information content (AvgIpc) is 2.11. The lowest BCUT2D eigenvalue weighted by Crippen LogP contribution is -2.44. The normalized spacial score (nSPS) is 15.9. The molecule has 90 valence electrons. The molecule has 0 saturated heterocycles. The van der Waals surface area contributed by atoms with E-state index in [1.807, 2.05) is 0 Å². The number of nitrogens with one attached hydrogen (secondary N) is 1. The third-order valence-corrected chi connectivity index (χ3v) is 3.09. The number of carbonyl (C=O) groups is 1. The van der Waals surface area contributed by atoms with Crippen molar-refractivity contribution in [2.75, 3.05) is 12.3 Å². The molecule has 15 heavy (non-hydrogen) atoms. The van der Waals surface area contributed by atoms with Gasteiger partial charge in [0.1, 0.15) is 0 Å². The van der Waals surface area contributed by atoms with Crippen molar-refractivity contribution in [3.05, 3.63) is 0 Å². The molecule has 0 bridgehead atoms. The van der Waals surface area contributed by atoms with Crippen molar-refractivity contribution < 1.29 is 23.4 Å². The van der Waals surface area contributed by atoms with Crippen LogP contribution in [0.2, 0.25) is 0 Å². The molecule has 2 unspecified atom stereocenters. The zero-order chi connectivity index (χ0) is 12.1. The Hall–Kier alpha value is -0.700. The van der Waals surface area contributed by atoms with E-state index in [-0.39, 0.29) is 6.54 Å². The van der Waals surface area contributed by atoms with Crippen molar-refractivity contribution >= 4 is 16.0 Å². The van der Waals surface area contributed by atoms with Crippen LogP contribution in [0.25, 0.3) is 0 Å². The van der Waals surface area contributed by atoms with Crippen LogP contribution in [0.3, 0.4) is 0 Å². The Morgan fingerprint density at radius 2 is 2.07 bits per heavy atom. The van der Waals surface area contributed by atoms with Crippen molar-refractivity contribution in [3.63, 3.8) is 0 Å². The van der Waals surface area contributed by atoms with E-state index < -0.39 is 40.3 Å². The highest BCUT2D eigenvalue weighted by Gasteiger charge is 2.16. The van der Waals surface area contributed by atoms with E-state index in [9.17, 15) is 13.2 Å². The number of carboxylic acids is 1. The predicted molar refractivity (Wildman–Crippen MR) is 53.7 cm³/mol. The first-order chi connectivity index (χ1) is 6.74. The minimum absolute atomic E-state index is 0.111. The highest BCUT2D eigenvalue weighted by molar-refractivity contribution is 7.89. The summed E-state index contributed by atoms with van der Waals surface area (Å²) in [5.74, 6) is -1.67. The summed E-state index contributed by atoms with van der Waals surface area (Å²) in [5, 5.41) is 17.3. The molecule has 8 heteroatoms. The quantitative estimate of drug-likeness (QED) is 0.411. The zero-order valence-corrected chi connectivity index (χ0v) is 9.20. The zero-order valence-electron chi connectivity index (χ0n) is 8.38. The Kier molecular flexibility index (Phi) is 5.73. The molecule has 0 saturated carbocycles. The van der Waals surface area contributed by atoms with E-state index in [0.717, 1.165) is 0 Å². The van der Waals surface area contributed by atoms with Gasteiger partial charge in [0, 0.05) is 12.6 Å². The van der Waals surface area contributed by atoms with Gasteiger partial charge in [0.15, 0.2) is 0 Å². The maximum absolute atomic E-state index is 11.2. The molecule has 0 spiro atoms. The number of aliphatic hydroxyl groups excluding tert-OH is 1. The molecule has 5 N–H and O–H groups in total. The Morgan fingerprint density at radius 1 is 1.53 bits per heavy atom. The summed E-state index contributed by atoms with van der Waals surface area (Å²) in [6.45, 7) is 1.33. The number of rotatable bonds is 7. The second-order valence-electron chi connectivity index (χ2n) is 3.22. The topological polar surface area (TPSA) is 130 Å². The second kappa shape index (κ2) is 6.01. The van der Waals surface area contributed by atoms with Gasteiger partial charge in [-0.05, 0) is 6.92 Å². The van der Waals surface area contributed by atoms with Gasteiger partial charge in [-0.1, -0.05) is 0 Å². The number of aliphatic carboxylic acids is 1. The molecular weight excluding hydrogens is 224 g/mol. The van der Waals surface area contributed by atoms with Gasteiger partial charge >= 0.3 is 5.97 Å². The molecule has 2 atom stereocenters. The van der Waals surface area contributed by atoms with Crippen LogP contribution in [0.4, 0.5) is 0 Å². The number of sulfonamides is 1. The molecule has 0 radical (unpaired) electrons. The summed E-state index contributed by atoms with van der Waals surface area (Å²) >= 11 is 0. The average molecular weight is 240 g/mol. The summed E-state index contributed by atoms with van der Waals surface area (Å²) in [7, 11) is -3.63. The molecule has 0 fully saturated rings. The first-order valence-corrected chi connectivity index (χ1v) is 6.02. The molecule has 0 aromatic rings. The molecule has 0 aromatic heterocycles. The Bertz CT molecular complexity index is 301. The summed E-state index contributed by atoms with van der Waals surface area (Å²) in [6, 6.07) is -0.704. The molecule has 0 heterocycles. The van der Waals surface area contributed by atoms with E-state index in [1.165, 1.54) is 6.92 Å². The lowest BCUT2D eigenvalue weighted by molar-refractivity contribution is -0.136. The van der Waals surface area contributed by atoms with Gasteiger partial charge in [-0.3, -0.25) is 4.79 Å².